The van der Waals surface area contributed by atoms with Gasteiger partial charge in [0.2, 0.25) is 0 Å². The molecular formula is C14H16N3OS2+. The molecule has 0 radical (unpaired) electrons. The van der Waals surface area contributed by atoms with Crippen molar-refractivity contribution in [2.24, 2.45) is 0 Å². The minimum Gasteiger partial charge on any atom is -0.328 e. The van der Waals surface area contributed by atoms with Crippen LogP contribution in [0, 0.1) is 6.92 Å². The first-order valence-corrected chi connectivity index (χ1v) is 8.19. The molecule has 0 spiro atoms. The molecule has 3 aromatic rings. The van der Waals surface area contributed by atoms with Crippen LogP contribution >= 0.6 is 22.7 Å². The van der Waals surface area contributed by atoms with Gasteiger partial charge in [0.1, 0.15) is 18.8 Å². The number of nitrogens with zero attached hydrogens (tertiary/aromatic N) is 2. The van der Waals surface area contributed by atoms with E-state index < -0.39 is 0 Å². The van der Waals surface area contributed by atoms with Gasteiger partial charge < -0.3 is 4.90 Å². The largest absolute Gasteiger partial charge is 0.328 e. The van der Waals surface area contributed by atoms with Crippen LogP contribution in [0.4, 0.5) is 0 Å². The molecule has 3 aromatic heterocycles. The van der Waals surface area contributed by atoms with Crippen LogP contribution in [-0.4, -0.2) is 16.4 Å². The highest BCUT2D eigenvalue weighted by molar-refractivity contribution is 7.15. The molecule has 0 aliphatic carbocycles. The first-order chi connectivity index (χ1) is 9.63. The monoisotopic (exact) mass is 306 g/mol. The lowest BCUT2D eigenvalue weighted by Crippen LogP contribution is -3.06. The Kier molecular flexibility index (Phi) is 3.69. The molecule has 3 rings (SSSR count). The molecule has 0 amide bonds. The van der Waals surface area contributed by atoms with Gasteiger partial charge in [0, 0.05) is 17.6 Å². The molecule has 0 saturated heterocycles. The lowest BCUT2D eigenvalue weighted by Gasteiger charge is -2.13. The molecule has 0 bridgehead atoms. The van der Waals surface area contributed by atoms with E-state index >= 15 is 0 Å². The molecule has 0 aliphatic rings. The summed E-state index contributed by atoms with van der Waals surface area (Å²) in [5.74, 6) is 0. The third-order valence-electron chi connectivity index (χ3n) is 3.27. The number of thiophene rings is 1. The predicted octanol–water partition coefficient (Wildman–Crippen LogP) is 1.34. The third-order valence-corrected chi connectivity index (χ3v) is 5.05. The normalized spacial score (nSPS) is 12.9. The molecule has 1 N–H and O–H groups in total. The molecule has 4 nitrogen and oxygen atoms in total. The van der Waals surface area contributed by atoms with Gasteiger partial charge in [-0.15, -0.1) is 22.7 Å². The van der Waals surface area contributed by atoms with E-state index in [9.17, 15) is 4.79 Å². The minimum absolute atomic E-state index is 0.00588. The Labute approximate surface area is 124 Å². The van der Waals surface area contributed by atoms with Crippen molar-refractivity contribution < 1.29 is 4.90 Å². The van der Waals surface area contributed by atoms with E-state index in [-0.39, 0.29) is 5.56 Å². The van der Waals surface area contributed by atoms with E-state index in [1.165, 1.54) is 26.7 Å². The Hall–Kier alpha value is -1.50. The summed E-state index contributed by atoms with van der Waals surface area (Å²) in [4.78, 5) is 20.0. The van der Waals surface area contributed by atoms with E-state index in [0.29, 0.717) is 0 Å². The third kappa shape index (κ3) is 2.67. The molecule has 0 aromatic carbocycles. The van der Waals surface area contributed by atoms with E-state index in [1.807, 2.05) is 5.38 Å². The maximum absolute atomic E-state index is 11.9. The summed E-state index contributed by atoms with van der Waals surface area (Å²) < 4.78 is 1.59. The lowest BCUT2D eigenvalue weighted by molar-refractivity contribution is -0.907. The maximum Gasteiger partial charge on any atom is 0.258 e. The summed E-state index contributed by atoms with van der Waals surface area (Å²) in [6.07, 6.45) is 1.77. The average Bonchev–Trinajstić information content (AvgIpc) is 2.99. The predicted molar refractivity (Wildman–Crippen MR) is 82.7 cm³/mol. The number of thiazole rings is 1. The maximum atomic E-state index is 11.9. The number of fused-ring (bicyclic) bond motifs is 1. The van der Waals surface area contributed by atoms with Crippen molar-refractivity contribution in [3.8, 4) is 0 Å². The second kappa shape index (κ2) is 5.47. The Morgan fingerprint density at radius 1 is 1.30 bits per heavy atom. The number of aromatic nitrogens is 2. The zero-order chi connectivity index (χ0) is 14.1. The van der Waals surface area contributed by atoms with Crippen molar-refractivity contribution in [2.75, 3.05) is 7.05 Å². The summed E-state index contributed by atoms with van der Waals surface area (Å²) in [6, 6.07) is 3.79. The summed E-state index contributed by atoms with van der Waals surface area (Å²) in [6.45, 7) is 3.87. The van der Waals surface area contributed by atoms with E-state index in [0.717, 1.165) is 23.7 Å². The molecule has 0 fully saturated rings. The smallest absolute Gasteiger partial charge is 0.258 e. The highest BCUT2D eigenvalue weighted by atomic mass is 32.1. The topological polar surface area (TPSA) is 38.8 Å². The zero-order valence-corrected chi connectivity index (χ0v) is 13.1. The number of hydrogen-bond donors (Lipinski definition) is 1. The molecule has 1 atom stereocenters. The fourth-order valence-electron chi connectivity index (χ4n) is 2.21. The van der Waals surface area contributed by atoms with Crippen LogP contribution in [0.15, 0.2) is 33.9 Å². The zero-order valence-electron chi connectivity index (χ0n) is 11.4. The van der Waals surface area contributed by atoms with Gasteiger partial charge in [0.05, 0.1) is 11.9 Å². The number of quaternary nitrogens is 1. The van der Waals surface area contributed by atoms with Gasteiger partial charge in [-0.05, 0) is 23.9 Å². The van der Waals surface area contributed by atoms with Gasteiger partial charge in [0.15, 0.2) is 4.96 Å². The van der Waals surface area contributed by atoms with Crippen LogP contribution in [0.5, 0.6) is 0 Å². The second-order valence-electron chi connectivity index (χ2n) is 4.98. The first-order valence-electron chi connectivity index (χ1n) is 6.43. The standard InChI is InChI=1S/C14H15N3OS2/c1-10-3-5-19-12(10)9-16(2)8-11-7-13(18)17-4-6-20-14(17)15-11/h3-7H,8-9H2,1-2H3/p+1. The van der Waals surface area contributed by atoms with Crippen LogP contribution in [0.2, 0.25) is 0 Å². The molecule has 20 heavy (non-hydrogen) atoms. The fourth-order valence-corrected chi connectivity index (χ4v) is 3.97. The molecule has 1 unspecified atom stereocenters. The van der Waals surface area contributed by atoms with Gasteiger partial charge in [-0.25, -0.2) is 4.98 Å². The number of hydrogen-bond acceptors (Lipinski definition) is 4. The molecular weight excluding hydrogens is 290 g/mol. The van der Waals surface area contributed by atoms with Gasteiger partial charge in [0.25, 0.3) is 5.56 Å². The van der Waals surface area contributed by atoms with Crippen molar-refractivity contribution >= 4 is 27.6 Å². The van der Waals surface area contributed by atoms with Crippen LogP contribution in [-0.2, 0) is 13.1 Å². The summed E-state index contributed by atoms with van der Waals surface area (Å²) in [5.41, 5.74) is 2.21. The first kappa shape index (κ1) is 13.5. The van der Waals surface area contributed by atoms with Crippen molar-refractivity contribution in [1.29, 1.82) is 0 Å². The second-order valence-corrected chi connectivity index (χ2v) is 6.85. The van der Waals surface area contributed by atoms with Gasteiger partial charge in [-0.3, -0.25) is 9.20 Å². The van der Waals surface area contributed by atoms with Crippen LogP contribution in [0.25, 0.3) is 4.96 Å². The van der Waals surface area contributed by atoms with Gasteiger partial charge >= 0.3 is 0 Å². The fraction of sp³-hybridized carbons (Fsp3) is 0.286. The molecule has 104 valence electrons. The summed E-state index contributed by atoms with van der Waals surface area (Å²) in [5, 5.41) is 4.01. The van der Waals surface area contributed by atoms with E-state index in [1.54, 1.807) is 28.0 Å². The minimum atomic E-state index is 0.00588. The quantitative estimate of drug-likeness (QED) is 0.790. The Morgan fingerprint density at radius 3 is 2.90 bits per heavy atom. The molecule has 3 heterocycles. The van der Waals surface area contributed by atoms with Gasteiger partial charge in [-0.2, -0.15) is 0 Å². The van der Waals surface area contributed by atoms with Crippen molar-refractivity contribution in [3.63, 3.8) is 0 Å². The summed E-state index contributed by atoms with van der Waals surface area (Å²) in [7, 11) is 2.14. The van der Waals surface area contributed by atoms with Crippen molar-refractivity contribution in [3.05, 3.63) is 55.6 Å². The molecule has 0 saturated carbocycles. The molecule has 0 aliphatic heterocycles. The molecule has 6 heteroatoms. The highest BCUT2D eigenvalue weighted by Gasteiger charge is 2.11. The number of rotatable bonds is 4. The van der Waals surface area contributed by atoms with Crippen LogP contribution in [0.3, 0.4) is 0 Å². The Morgan fingerprint density at radius 2 is 2.15 bits per heavy atom. The van der Waals surface area contributed by atoms with E-state index in [4.69, 9.17) is 0 Å². The number of aryl methyl sites for hydroxylation is 1. The van der Waals surface area contributed by atoms with E-state index in [2.05, 4.69) is 30.4 Å². The SMILES string of the molecule is Cc1ccsc1C[NH+](C)Cc1cc(=O)n2ccsc2n1. The number of nitrogens with one attached hydrogen (secondary N) is 1. The Balaban J connectivity index is 1.78. The highest BCUT2D eigenvalue weighted by Crippen LogP contribution is 2.13. The average molecular weight is 306 g/mol. The van der Waals surface area contributed by atoms with Crippen LogP contribution < -0.4 is 10.5 Å². The van der Waals surface area contributed by atoms with Crippen molar-refractivity contribution in [1.82, 2.24) is 9.38 Å². The summed E-state index contributed by atoms with van der Waals surface area (Å²) >= 11 is 3.29. The van der Waals surface area contributed by atoms with Gasteiger partial charge in [-0.1, -0.05) is 0 Å². The lowest BCUT2D eigenvalue weighted by atomic mass is 10.3. The van der Waals surface area contributed by atoms with Crippen LogP contribution in [0.1, 0.15) is 16.1 Å². The van der Waals surface area contributed by atoms with Crippen molar-refractivity contribution in [2.45, 2.75) is 20.0 Å². The Bertz CT molecular complexity index is 787.